The van der Waals surface area contributed by atoms with Crippen molar-refractivity contribution in [1.29, 1.82) is 0 Å². The van der Waals surface area contributed by atoms with Crippen molar-refractivity contribution in [2.45, 2.75) is 25.9 Å². The zero-order valence-corrected chi connectivity index (χ0v) is 10.9. The van der Waals surface area contributed by atoms with Gasteiger partial charge in [0.25, 0.3) is 0 Å². The zero-order valence-electron chi connectivity index (χ0n) is 10.9. The normalized spacial score (nSPS) is 12.1. The van der Waals surface area contributed by atoms with Gasteiger partial charge in [-0.05, 0) is 12.5 Å². The van der Waals surface area contributed by atoms with E-state index in [1.165, 1.54) is 18.5 Å². The number of rotatable bonds is 9. The van der Waals surface area contributed by atoms with Gasteiger partial charge in [0.15, 0.2) is 5.75 Å². The Morgan fingerprint density at radius 1 is 1.47 bits per heavy atom. The monoisotopic (exact) mass is 269 g/mol. The summed E-state index contributed by atoms with van der Waals surface area (Å²) in [5, 5.41) is 18.6. The number of ether oxygens (including phenoxy) is 2. The molecule has 0 bridgehead atoms. The van der Waals surface area contributed by atoms with Gasteiger partial charge in [0, 0.05) is 12.8 Å². The first-order chi connectivity index (χ1) is 9.15. The number of carbonyl (C=O) groups is 1. The molecule has 1 aromatic rings. The van der Waals surface area contributed by atoms with Crippen LogP contribution in [0.4, 0.5) is 0 Å². The van der Waals surface area contributed by atoms with Crippen LogP contribution in [0.3, 0.4) is 0 Å². The molecule has 0 radical (unpaired) electrons. The molecule has 0 saturated carbocycles. The van der Waals surface area contributed by atoms with Crippen LogP contribution in [0.5, 0.6) is 5.75 Å². The number of pyridine rings is 1. The minimum Gasteiger partial charge on any atom is -0.488 e. The van der Waals surface area contributed by atoms with E-state index < -0.39 is 12.1 Å². The van der Waals surface area contributed by atoms with Crippen molar-refractivity contribution in [2.75, 3.05) is 19.8 Å². The van der Waals surface area contributed by atoms with Crippen molar-refractivity contribution in [3.05, 3.63) is 24.0 Å². The summed E-state index contributed by atoms with van der Waals surface area (Å²) in [5.74, 6) is -0.950. The van der Waals surface area contributed by atoms with Gasteiger partial charge in [-0.2, -0.15) is 0 Å². The number of aliphatic hydroxyl groups excluding tert-OH is 1. The van der Waals surface area contributed by atoms with Crippen molar-refractivity contribution in [1.82, 2.24) is 4.98 Å². The summed E-state index contributed by atoms with van der Waals surface area (Å²) < 4.78 is 10.5. The maximum Gasteiger partial charge on any atom is 0.339 e. The molecule has 19 heavy (non-hydrogen) atoms. The molecule has 1 aromatic heterocycles. The van der Waals surface area contributed by atoms with Gasteiger partial charge in [-0.25, -0.2) is 4.79 Å². The molecule has 6 heteroatoms. The second-order valence-electron chi connectivity index (χ2n) is 4.07. The number of carboxylic acids is 1. The van der Waals surface area contributed by atoms with E-state index in [1.54, 1.807) is 0 Å². The van der Waals surface area contributed by atoms with Gasteiger partial charge in [0.1, 0.15) is 18.3 Å². The second kappa shape index (κ2) is 8.44. The zero-order chi connectivity index (χ0) is 14.1. The summed E-state index contributed by atoms with van der Waals surface area (Å²) in [6, 6.07) is 1.35. The lowest BCUT2D eigenvalue weighted by Gasteiger charge is -2.13. The molecule has 0 fully saturated rings. The molecule has 2 N–H and O–H groups in total. The highest BCUT2D eigenvalue weighted by molar-refractivity contribution is 5.90. The first-order valence-electron chi connectivity index (χ1n) is 6.21. The fraction of sp³-hybridized carbons (Fsp3) is 0.538. The maximum atomic E-state index is 10.9. The molecule has 1 rings (SSSR count). The third kappa shape index (κ3) is 5.67. The number of unbranched alkanes of at least 4 members (excludes halogenated alkanes) is 1. The van der Waals surface area contributed by atoms with E-state index in [9.17, 15) is 9.90 Å². The Balaban J connectivity index is 2.37. The maximum absolute atomic E-state index is 10.9. The Labute approximate surface area is 112 Å². The van der Waals surface area contributed by atoms with Crippen LogP contribution in [-0.2, 0) is 4.74 Å². The van der Waals surface area contributed by atoms with Crippen LogP contribution in [0.15, 0.2) is 18.5 Å². The third-order valence-corrected chi connectivity index (χ3v) is 2.40. The van der Waals surface area contributed by atoms with E-state index >= 15 is 0 Å². The minimum atomic E-state index is -1.09. The lowest BCUT2D eigenvalue weighted by molar-refractivity contribution is 0.0109. The number of aromatic nitrogens is 1. The van der Waals surface area contributed by atoms with E-state index in [4.69, 9.17) is 14.6 Å². The summed E-state index contributed by atoms with van der Waals surface area (Å²) in [5.41, 5.74) is 0.0223. The molecular formula is C13H19NO5. The predicted octanol–water partition coefficient (Wildman–Crippen LogP) is 1.34. The largest absolute Gasteiger partial charge is 0.488 e. The van der Waals surface area contributed by atoms with E-state index in [0.29, 0.717) is 6.61 Å². The Morgan fingerprint density at radius 3 is 2.95 bits per heavy atom. The molecule has 0 saturated heterocycles. The second-order valence-corrected chi connectivity index (χ2v) is 4.07. The Bertz CT molecular complexity index is 396. The highest BCUT2D eigenvalue weighted by Gasteiger charge is 2.12. The van der Waals surface area contributed by atoms with Crippen molar-refractivity contribution >= 4 is 5.97 Å². The van der Waals surface area contributed by atoms with E-state index in [1.807, 2.05) is 0 Å². The van der Waals surface area contributed by atoms with Crippen molar-refractivity contribution in [2.24, 2.45) is 0 Å². The molecule has 106 valence electrons. The summed E-state index contributed by atoms with van der Waals surface area (Å²) in [7, 11) is 0. The van der Waals surface area contributed by atoms with Crippen LogP contribution in [0, 0.1) is 0 Å². The van der Waals surface area contributed by atoms with Gasteiger partial charge >= 0.3 is 5.97 Å². The van der Waals surface area contributed by atoms with Crippen LogP contribution < -0.4 is 4.74 Å². The van der Waals surface area contributed by atoms with E-state index in [2.05, 4.69) is 11.9 Å². The van der Waals surface area contributed by atoms with Crippen LogP contribution in [-0.4, -0.2) is 47.1 Å². The first-order valence-corrected chi connectivity index (χ1v) is 6.21. The summed E-state index contributed by atoms with van der Waals surface area (Å²) >= 11 is 0. The number of aliphatic hydroxyl groups is 1. The van der Waals surface area contributed by atoms with E-state index in [0.717, 1.165) is 12.8 Å². The fourth-order valence-corrected chi connectivity index (χ4v) is 1.37. The first kappa shape index (κ1) is 15.4. The molecule has 1 heterocycles. The number of hydrogen-bond donors (Lipinski definition) is 2. The summed E-state index contributed by atoms with van der Waals surface area (Å²) in [6.07, 6.45) is 3.87. The molecule has 1 atom stereocenters. The topological polar surface area (TPSA) is 88.9 Å². The molecule has 0 amide bonds. The number of carboxylic acid groups (broad SMARTS) is 1. The highest BCUT2D eigenvalue weighted by atomic mass is 16.5. The van der Waals surface area contributed by atoms with Gasteiger partial charge < -0.3 is 19.7 Å². The quantitative estimate of drug-likeness (QED) is 0.657. The van der Waals surface area contributed by atoms with Crippen LogP contribution in [0.25, 0.3) is 0 Å². The molecule has 6 nitrogen and oxygen atoms in total. The molecule has 0 aliphatic carbocycles. The number of aromatic carboxylic acids is 1. The summed E-state index contributed by atoms with van der Waals surface area (Å²) in [4.78, 5) is 14.7. The van der Waals surface area contributed by atoms with Crippen LogP contribution in [0.1, 0.15) is 30.1 Å². The Hall–Kier alpha value is -1.66. The van der Waals surface area contributed by atoms with Gasteiger partial charge in [0.05, 0.1) is 12.8 Å². The standard InChI is InChI=1S/C13H19NO5/c1-2-3-6-18-8-10(15)9-19-12-7-14-5-4-11(12)13(16)17/h4-5,7,10,15H,2-3,6,8-9H2,1H3,(H,16,17). The summed E-state index contributed by atoms with van der Waals surface area (Å²) in [6.45, 7) is 2.79. The van der Waals surface area contributed by atoms with Crippen molar-refractivity contribution < 1.29 is 24.5 Å². The van der Waals surface area contributed by atoms with Gasteiger partial charge in [-0.3, -0.25) is 4.98 Å². The van der Waals surface area contributed by atoms with Crippen LogP contribution >= 0.6 is 0 Å². The van der Waals surface area contributed by atoms with E-state index in [-0.39, 0.29) is 24.5 Å². The third-order valence-electron chi connectivity index (χ3n) is 2.40. The molecule has 1 unspecified atom stereocenters. The highest BCUT2D eigenvalue weighted by Crippen LogP contribution is 2.16. The van der Waals surface area contributed by atoms with Crippen LogP contribution in [0.2, 0.25) is 0 Å². The van der Waals surface area contributed by atoms with Crippen molar-refractivity contribution in [3.8, 4) is 5.75 Å². The lowest BCUT2D eigenvalue weighted by atomic mass is 10.2. The Morgan fingerprint density at radius 2 is 2.26 bits per heavy atom. The smallest absolute Gasteiger partial charge is 0.339 e. The lowest BCUT2D eigenvalue weighted by Crippen LogP contribution is -2.24. The number of nitrogens with zero attached hydrogens (tertiary/aromatic N) is 1. The molecule has 0 aliphatic heterocycles. The fourth-order valence-electron chi connectivity index (χ4n) is 1.37. The Kier molecular flexibility index (Phi) is 6.84. The average molecular weight is 269 g/mol. The minimum absolute atomic E-state index is 0.0223. The molecule has 0 spiro atoms. The molecule has 0 aliphatic rings. The van der Waals surface area contributed by atoms with Gasteiger partial charge in [-0.15, -0.1) is 0 Å². The average Bonchev–Trinajstić information content (AvgIpc) is 2.41. The molecular weight excluding hydrogens is 250 g/mol. The van der Waals surface area contributed by atoms with Gasteiger partial charge in [0.2, 0.25) is 0 Å². The van der Waals surface area contributed by atoms with Gasteiger partial charge in [-0.1, -0.05) is 13.3 Å². The molecule has 0 aromatic carbocycles. The predicted molar refractivity (Wildman–Crippen MR) is 68.4 cm³/mol. The van der Waals surface area contributed by atoms with Crippen molar-refractivity contribution in [3.63, 3.8) is 0 Å². The number of hydrogen-bond acceptors (Lipinski definition) is 5. The SMILES string of the molecule is CCCCOCC(O)COc1cnccc1C(=O)O.